The van der Waals surface area contributed by atoms with Crippen molar-refractivity contribution < 1.29 is 4.74 Å². The zero-order chi connectivity index (χ0) is 13.5. The third-order valence-corrected chi connectivity index (χ3v) is 4.05. The smallest absolute Gasteiger partial charge is 0.0477 e. The first-order valence-corrected chi connectivity index (χ1v) is 7.52. The van der Waals surface area contributed by atoms with Gasteiger partial charge in [0.2, 0.25) is 0 Å². The zero-order valence-electron chi connectivity index (χ0n) is 12.9. The highest BCUT2D eigenvalue weighted by Gasteiger charge is 2.26. The molecule has 1 aliphatic heterocycles. The molecule has 108 valence electrons. The maximum absolute atomic E-state index is 5.22. The quantitative estimate of drug-likeness (QED) is 0.790. The summed E-state index contributed by atoms with van der Waals surface area (Å²) >= 11 is 0. The van der Waals surface area contributed by atoms with Gasteiger partial charge in [0.15, 0.2) is 0 Å². The van der Waals surface area contributed by atoms with Crippen LogP contribution < -0.4 is 5.32 Å². The maximum Gasteiger partial charge on any atom is 0.0477 e. The van der Waals surface area contributed by atoms with Crippen molar-refractivity contribution >= 4 is 0 Å². The van der Waals surface area contributed by atoms with E-state index >= 15 is 0 Å². The van der Waals surface area contributed by atoms with E-state index in [1.54, 1.807) is 7.11 Å². The highest BCUT2D eigenvalue weighted by molar-refractivity contribution is 4.84. The molecule has 1 N–H and O–H groups in total. The van der Waals surface area contributed by atoms with Gasteiger partial charge in [0, 0.05) is 38.4 Å². The second-order valence-electron chi connectivity index (χ2n) is 6.25. The molecular weight excluding hydrogens is 224 g/mol. The number of hydrogen-bond donors (Lipinski definition) is 1. The summed E-state index contributed by atoms with van der Waals surface area (Å²) in [6.45, 7) is 12.5. The van der Waals surface area contributed by atoms with Crippen molar-refractivity contribution in [3.63, 3.8) is 0 Å². The van der Waals surface area contributed by atoms with Crippen LogP contribution in [0.4, 0.5) is 0 Å². The van der Waals surface area contributed by atoms with Crippen molar-refractivity contribution in [1.82, 2.24) is 10.2 Å². The molecule has 1 fully saturated rings. The minimum absolute atomic E-state index is 0.620. The van der Waals surface area contributed by atoms with Gasteiger partial charge in [-0.2, -0.15) is 0 Å². The normalized spacial score (nSPS) is 28.3. The molecule has 3 nitrogen and oxygen atoms in total. The van der Waals surface area contributed by atoms with Gasteiger partial charge in [0.1, 0.15) is 0 Å². The van der Waals surface area contributed by atoms with Gasteiger partial charge >= 0.3 is 0 Å². The molecule has 0 radical (unpaired) electrons. The highest BCUT2D eigenvalue weighted by atomic mass is 16.5. The molecule has 0 spiro atoms. The van der Waals surface area contributed by atoms with Crippen LogP contribution in [0, 0.1) is 5.92 Å². The van der Waals surface area contributed by atoms with Crippen LogP contribution in [0.2, 0.25) is 0 Å². The Morgan fingerprint density at radius 2 is 2.06 bits per heavy atom. The van der Waals surface area contributed by atoms with Gasteiger partial charge in [0.25, 0.3) is 0 Å². The van der Waals surface area contributed by atoms with E-state index in [0.717, 1.165) is 25.5 Å². The van der Waals surface area contributed by atoms with E-state index in [1.165, 1.54) is 19.4 Å². The summed E-state index contributed by atoms with van der Waals surface area (Å²) in [6, 6.07) is 1.95. The zero-order valence-corrected chi connectivity index (χ0v) is 12.9. The predicted molar refractivity (Wildman–Crippen MR) is 78.0 cm³/mol. The first-order chi connectivity index (χ1) is 8.54. The van der Waals surface area contributed by atoms with Gasteiger partial charge < -0.3 is 10.1 Å². The molecule has 3 heteroatoms. The first kappa shape index (κ1) is 15.9. The van der Waals surface area contributed by atoms with Crippen LogP contribution in [-0.2, 0) is 4.74 Å². The number of ether oxygens (including phenoxy) is 1. The van der Waals surface area contributed by atoms with Crippen LogP contribution in [0.5, 0.6) is 0 Å². The first-order valence-electron chi connectivity index (χ1n) is 7.52. The minimum Gasteiger partial charge on any atom is -0.385 e. The second-order valence-corrected chi connectivity index (χ2v) is 6.25. The SMILES string of the molecule is COCCC(C)N1CC(CC(C)C)NCCC1C. The largest absolute Gasteiger partial charge is 0.385 e. The maximum atomic E-state index is 5.22. The van der Waals surface area contributed by atoms with Gasteiger partial charge in [-0.05, 0) is 45.6 Å². The van der Waals surface area contributed by atoms with Crippen molar-refractivity contribution in [2.45, 2.75) is 65.1 Å². The lowest BCUT2D eigenvalue weighted by Gasteiger charge is -2.35. The molecule has 0 aliphatic carbocycles. The lowest BCUT2D eigenvalue weighted by Crippen LogP contribution is -2.45. The fraction of sp³-hybridized carbons (Fsp3) is 1.00. The Hall–Kier alpha value is -0.120. The number of rotatable bonds is 6. The monoisotopic (exact) mass is 256 g/mol. The van der Waals surface area contributed by atoms with E-state index in [0.29, 0.717) is 18.1 Å². The summed E-state index contributed by atoms with van der Waals surface area (Å²) in [5.41, 5.74) is 0. The van der Waals surface area contributed by atoms with Crippen molar-refractivity contribution in [1.29, 1.82) is 0 Å². The van der Waals surface area contributed by atoms with Crippen molar-refractivity contribution in [3.8, 4) is 0 Å². The second kappa shape index (κ2) is 8.13. The molecule has 1 heterocycles. The van der Waals surface area contributed by atoms with Gasteiger partial charge in [-0.25, -0.2) is 0 Å². The van der Waals surface area contributed by atoms with Crippen LogP contribution in [0.15, 0.2) is 0 Å². The van der Waals surface area contributed by atoms with Crippen molar-refractivity contribution in [2.75, 3.05) is 26.8 Å². The summed E-state index contributed by atoms with van der Waals surface area (Å²) < 4.78 is 5.22. The Labute approximate surface area is 113 Å². The molecule has 1 aliphatic rings. The molecule has 3 atom stereocenters. The van der Waals surface area contributed by atoms with Gasteiger partial charge in [0.05, 0.1) is 0 Å². The lowest BCUT2D eigenvalue weighted by molar-refractivity contribution is 0.107. The Kier molecular flexibility index (Phi) is 7.20. The molecule has 18 heavy (non-hydrogen) atoms. The number of nitrogens with zero attached hydrogens (tertiary/aromatic N) is 1. The Morgan fingerprint density at radius 3 is 2.67 bits per heavy atom. The van der Waals surface area contributed by atoms with E-state index in [-0.39, 0.29) is 0 Å². The molecule has 0 bridgehead atoms. The third kappa shape index (κ3) is 5.25. The summed E-state index contributed by atoms with van der Waals surface area (Å²) in [5.74, 6) is 0.770. The van der Waals surface area contributed by atoms with Crippen LogP contribution in [0.1, 0.15) is 47.0 Å². The Morgan fingerprint density at radius 1 is 1.33 bits per heavy atom. The summed E-state index contributed by atoms with van der Waals surface area (Å²) in [7, 11) is 1.79. The topological polar surface area (TPSA) is 24.5 Å². The third-order valence-electron chi connectivity index (χ3n) is 4.05. The van der Waals surface area contributed by atoms with Crippen LogP contribution >= 0.6 is 0 Å². The molecular formula is C15H32N2O. The number of methoxy groups -OCH3 is 1. The van der Waals surface area contributed by atoms with Gasteiger partial charge in [-0.15, -0.1) is 0 Å². The van der Waals surface area contributed by atoms with E-state index in [2.05, 4.69) is 37.9 Å². The molecule has 0 aromatic rings. The standard InChI is InChI=1S/C15H32N2O/c1-12(2)10-15-11-17(13(3)6-8-16-15)14(4)7-9-18-5/h12-16H,6-11H2,1-5H3. The summed E-state index contributed by atoms with van der Waals surface area (Å²) in [6.07, 6.45) is 3.67. The van der Waals surface area contributed by atoms with Crippen molar-refractivity contribution in [3.05, 3.63) is 0 Å². The fourth-order valence-electron chi connectivity index (χ4n) is 2.96. The highest BCUT2D eigenvalue weighted by Crippen LogP contribution is 2.18. The number of nitrogens with one attached hydrogen (secondary N) is 1. The van der Waals surface area contributed by atoms with E-state index in [9.17, 15) is 0 Å². The molecule has 0 aromatic carbocycles. The molecule has 0 aromatic heterocycles. The molecule has 1 rings (SSSR count). The van der Waals surface area contributed by atoms with Crippen molar-refractivity contribution in [2.24, 2.45) is 5.92 Å². The Bertz CT molecular complexity index is 221. The molecule has 0 amide bonds. The van der Waals surface area contributed by atoms with Crippen LogP contribution in [-0.4, -0.2) is 49.8 Å². The van der Waals surface area contributed by atoms with E-state index in [4.69, 9.17) is 4.74 Å². The van der Waals surface area contributed by atoms with E-state index in [1.807, 2.05) is 0 Å². The number of hydrogen-bond acceptors (Lipinski definition) is 3. The lowest BCUT2D eigenvalue weighted by atomic mass is 10.0. The average molecular weight is 256 g/mol. The van der Waals surface area contributed by atoms with Gasteiger partial charge in [-0.1, -0.05) is 13.8 Å². The fourth-order valence-corrected chi connectivity index (χ4v) is 2.96. The molecule has 0 saturated carbocycles. The predicted octanol–water partition coefficient (Wildman–Crippen LogP) is 2.51. The Balaban J connectivity index is 2.55. The minimum atomic E-state index is 0.620. The van der Waals surface area contributed by atoms with E-state index < -0.39 is 0 Å². The summed E-state index contributed by atoms with van der Waals surface area (Å²) in [5, 5.41) is 3.71. The summed E-state index contributed by atoms with van der Waals surface area (Å²) in [4.78, 5) is 2.67. The van der Waals surface area contributed by atoms with Crippen LogP contribution in [0.25, 0.3) is 0 Å². The van der Waals surface area contributed by atoms with Gasteiger partial charge in [-0.3, -0.25) is 4.90 Å². The molecule has 1 saturated heterocycles. The average Bonchev–Trinajstić information content (AvgIpc) is 2.48. The molecule has 3 unspecified atom stereocenters. The van der Waals surface area contributed by atoms with Crippen LogP contribution in [0.3, 0.4) is 0 Å².